The summed E-state index contributed by atoms with van der Waals surface area (Å²) in [6.07, 6.45) is -0.394. The van der Waals surface area contributed by atoms with E-state index in [1.54, 1.807) is 0 Å². The minimum absolute atomic E-state index is 0.124. The molecule has 21 heavy (non-hydrogen) atoms. The molecule has 6 nitrogen and oxygen atoms in total. The van der Waals surface area contributed by atoms with Crippen LogP contribution < -0.4 is 10.2 Å². The van der Waals surface area contributed by atoms with E-state index in [9.17, 15) is 0 Å². The van der Waals surface area contributed by atoms with Gasteiger partial charge in [0.2, 0.25) is 0 Å². The monoisotopic (exact) mass is 289 g/mol. The second-order valence-electron chi connectivity index (χ2n) is 6.15. The van der Waals surface area contributed by atoms with E-state index in [4.69, 9.17) is 10.00 Å². The molecule has 6 heteroatoms. The van der Waals surface area contributed by atoms with Gasteiger partial charge >= 0.3 is 0 Å². The van der Waals surface area contributed by atoms with Gasteiger partial charge in [0.15, 0.2) is 6.10 Å². The van der Waals surface area contributed by atoms with Gasteiger partial charge in [0.05, 0.1) is 19.2 Å². The number of hydrogen-bond donors (Lipinski definition) is 1. The minimum Gasteiger partial charge on any atom is -0.370 e. The molecule has 0 radical (unpaired) electrons. The molecule has 2 heterocycles. The normalized spacial score (nSPS) is 19.2. The molecule has 0 aliphatic carbocycles. The Morgan fingerprint density at radius 1 is 1.48 bits per heavy atom. The molecule has 1 aromatic heterocycles. The van der Waals surface area contributed by atoms with Crippen molar-refractivity contribution in [1.29, 1.82) is 5.26 Å². The standard InChI is InChI=1S/C15H23N5O/c1-5-17-12-8-13(19-14(18-12)15(2,3)4)20-6-7-21-11(9-16)10-20/h8,11H,5-7,10H2,1-4H3,(H,17,18,19). The van der Waals surface area contributed by atoms with E-state index in [1.165, 1.54) is 0 Å². The van der Waals surface area contributed by atoms with Crippen molar-refractivity contribution in [3.8, 4) is 6.07 Å². The van der Waals surface area contributed by atoms with Crippen molar-refractivity contribution in [3.05, 3.63) is 11.9 Å². The highest BCUT2D eigenvalue weighted by atomic mass is 16.5. The molecule has 2 rings (SSSR count). The van der Waals surface area contributed by atoms with Crippen LogP contribution in [-0.4, -0.2) is 42.3 Å². The fourth-order valence-electron chi connectivity index (χ4n) is 2.14. The predicted molar refractivity (Wildman–Crippen MR) is 82.5 cm³/mol. The van der Waals surface area contributed by atoms with Gasteiger partial charge in [-0.05, 0) is 6.92 Å². The van der Waals surface area contributed by atoms with Gasteiger partial charge in [0.25, 0.3) is 0 Å². The van der Waals surface area contributed by atoms with Crippen molar-refractivity contribution < 1.29 is 4.74 Å². The topological polar surface area (TPSA) is 74.1 Å². The van der Waals surface area contributed by atoms with Crippen LogP contribution in [0.25, 0.3) is 0 Å². The van der Waals surface area contributed by atoms with E-state index in [0.717, 1.165) is 30.5 Å². The summed E-state index contributed by atoms with van der Waals surface area (Å²) in [5, 5.41) is 12.3. The van der Waals surface area contributed by atoms with Crippen LogP contribution >= 0.6 is 0 Å². The zero-order chi connectivity index (χ0) is 15.5. The smallest absolute Gasteiger partial charge is 0.161 e. The molecule has 1 saturated heterocycles. The fraction of sp³-hybridized carbons (Fsp3) is 0.667. The molecule has 0 aromatic carbocycles. The third kappa shape index (κ3) is 3.82. The Balaban J connectivity index is 2.33. The van der Waals surface area contributed by atoms with E-state index in [0.29, 0.717) is 13.2 Å². The Hall–Kier alpha value is -1.87. The van der Waals surface area contributed by atoms with Gasteiger partial charge in [-0.1, -0.05) is 20.8 Å². The van der Waals surface area contributed by atoms with Crippen LogP contribution in [0.2, 0.25) is 0 Å². The lowest BCUT2D eigenvalue weighted by Crippen LogP contribution is -2.42. The molecule has 0 spiro atoms. The van der Waals surface area contributed by atoms with Crippen LogP contribution in [-0.2, 0) is 10.2 Å². The zero-order valence-electron chi connectivity index (χ0n) is 13.2. The first kappa shape index (κ1) is 15.5. The second-order valence-corrected chi connectivity index (χ2v) is 6.15. The SMILES string of the molecule is CCNc1cc(N2CCOC(C#N)C2)nc(C(C)(C)C)n1. The van der Waals surface area contributed by atoms with Gasteiger partial charge in [-0.15, -0.1) is 0 Å². The van der Waals surface area contributed by atoms with Crippen LogP contribution in [0.4, 0.5) is 11.6 Å². The second kappa shape index (κ2) is 6.27. The molecule has 1 atom stereocenters. The van der Waals surface area contributed by atoms with Gasteiger partial charge in [-0.3, -0.25) is 0 Å². The summed E-state index contributed by atoms with van der Waals surface area (Å²) < 4.78 is 5.39. The molecular weight excluding hydrogens is 266 g/mol. The highest BCUT2D eigenvalue weighted by Crippen LogP contribution is 2.25. The number of nitrogens with zero attached hydrogens (tertiary/aromatic N) is 4. The Labute approximate surface area is 126 Å². The summed E-state index contributed by atoms with van der Waals surface area (Å²) >= 11 is 0. The van der Waals surface area contributed by atoms with Crippen molar-refractivity contribution in [2.24, 2.45) is 0 Å². The van der Waals surface area contributed by atoms with Crippen LogP contribution in [0, 0.1) is 11.3 Å². The number of nitriles is 1. The molecule has 1 fully saturated rings. The quantitative estimate of drug-likeness (QED) is 0.916. The van der Waals surface area contributed by atoms with Crippen molar-refractivity contribution in [3.63, 3.8) is 0 Å². The van der Waals surface area contributed by atoms with Crippen LogP contribution in [0.5, 0.6) is 0 Å². The molecule has 1 aliphatic heterocycles. The average molecular weight is 289 g/mol. The van der Waals surface area contributed by atoms with Gasteiger partial charge < -0.3 is 15.0 Å². The minimum atomic E-state index is -0.394. The van der Waals surface area contributed by atoms with Gasteiger partial charge in [-0.25, -0.2) is 9.97 Å². The lowest BCUT2D eigenvalue weighted by molar-refractivity contribution is 0.0761. The van der Waals surface area contributed by atoms with Gasteiger partial charge in [0.1, 0.15) is 17.5 Å². The molecule has 0 bridgehead atoms. The van der Waals surface area contributed by atoms with Crippen molar-refractivity contribution >= 4 is 11.6 Å². The lowest BCUT2D eigenvalue weighted by atomic mass is 9.96. The molecule has 1 aromatic rings. The maximum absolute atomic E-state index is 9.03. The van der Waals surface area contributed by atoms with Gasteiger partial charge in [0, 0.05) is 24.6 Å². The largest absolute Gasteiger partial charge is 0.370 e. The summed E-state index contributed by atoms with van der Waals surface area (Å²) in [6.45, 7) is 11.0. The zero-order valence-corrected chi connectivity index (χ0v) is 13.2. The van der Waals surface area contributed by atoms with Gasteiger partial charge in [-0.2, -0.15) is 5.26 Å². The molecule has 114 valence electrons. The van der Waals surface area contributed by atoms with Crippen molar-refractivity contribution in [2.75, 3.05) is 36.5 Å². The van der Waals surface area contributed by atoms with E-state index in [1.807, 2.05) is 13.0 Å². The molecule has 1 N–H and O–H groups in total. The lowest BCUT2D eigenvalue weighted by Gasteiger charge is -2.31. The Bertz CT molecular complexity index is 532. The molecular formula is C15H23N5O. The highest BCUT2D eigenvalue weighted by molar-refractivity contribution is 5.50. The predicted octanol–water partition coefficient (Wildman–Crippen LogP) is 1.93. The van der Waals surface area contributed by atoms with Crippen LogP contribution in [0.1, 0.15) is 33.5 Å². The van der Waals surface area contributed by atoms with Crippen LogP contribution in [0.15, 0.2) is 6.07 Å². The summed E-state index contributed by atoms with van der Waals surface area (Å²) in [5.74, 6) is 2.48. The highest BCUT2D eigenvalue weighted by Gasteiger charge is 2.24. The van der Waals surface area contributed by atoms with Crippen molar-refractivity contribution in [2.45, 2.75) is 39.2 Å². The fourth-order valence-corrected chi connectivity index (χ4v) is 2.14. The number of ether oxygens (including phenoxy) is 1. The number of hydrogen-bond acceptors (Lipinski definition) is 6. The number of aromatic nitrogens is 2. The average Bonchev–Trinajstić information content (AvgIpc) is 2.46. The van der Waals surface area contributed by atoms with Crippen LogP contribution in [0.3, 0.4) is 0 Å². The van der Waals surface area contributed by atoms with E-state index in [2.05, 4.69) is 47.0 Å². The molecule has 0 amide bonds. The van der Waals surface area contributed by atoms with E-state index >= 15 is 0 Å². The summed E-state index contributed by atoms with van der Waals surface area (Å²) in [4.78, 5) is 11.4. The number of rotatable bonds is 3. The first-order valence-electron chi connectivity index (χ1n) is 7.33. The number of nitrogens with one attached hydrogen (secondary N) is 1. The molecule has 1 unspecified atom stereocenters. The maximum atomic E-state index is 9.03. The molecule has 0 saturated carbocycles. The Morgan fingerprint density at radius 3 is 2.86 bits per heavy atom. The first-order valence-corrected chi connectivity index (χ1v) is 7.33. The Kier molecular flexibility index (Phi) is 4.63. The van der Waals surface area contributed by atoms with E-state index in [-0.39, 0.29) is 5.41 Å². The summed E-state index contributed by atoms with van der Waals surface area (Å²) in [6, 6.07) is 4.11. The number of morpholine rings is 1. The summed E-state index contributed by atoms with van der Waals surface area (Å²) in [5.41, 5.74) is -0.124. The third-order valence-electron chi connectivity index (χ3n) is 3.28. The maximum Gasteiger partial charge on any atom is 0.161 e. The molecule has 1 aliphatic rings. The Morgan fingerprint density at radius 2 is 2.24 bits per heavy atom. The number of anilines is 2. The van der Waals surface area contributed by atoms with Crippen molar-refractivity contribution in [1.82, 2.24) is 9.97 Å². The van der Waals surface area contributed by atoms with E-state index < -0.39 is 6.10 Å². The third-order valence-corrected chi connectivity index (χ3v) is 3.28. The first-order chi connectivity index (χ1) is 9.94. The summed E-state index contributed by atoms with van der Waals surface area (Å²) in [7, 11) is 0.